The highest BCUT2D eigenvalue weighted by Gasteiger charge is 2.38. The number of hydrogen-bond donors (Lipinski definition) is 1. The van der Waals surface area contributed by atoms with E-state index in [9.17, 15) is 14.0 Å². The van der Waals surface area contributed by atoms with Gasteiger partial charge in [0.05, 0.1) is 12.7 Å². The lowest BCUT2D eigenvalue weighted by Crippen LogP contribution is -2.34. The Morgan fingerprint density at radius 2 is 1.66 bits per heavy atom. The summed E-state index contributed by atoms with van der Waals surface area (Å²) in [5.41, 5.74) is 3.51. The highest BCUT2D eigenvalue weighted by Crippen LogP contribution is 2.31. The largest absolute Gasteiger partial charge is 0.497 e. The van der Waals surface area contributed by atoms with Crippen molar-refractivity contribution in [3.8, 4) is 5.75 Å². The number of imide groups is 1. The van der Waals surface area contributed by atoms with Gasteiger partial charge in [-0.05, 0) is 54.8 Å². The van der Waals surface area contributed by atoms with Crippen LogP contribution in [0.3, 0.4) is 0 Å². The van der Waals surface area contributed by atoms with E-state index in [2.05, 4.69) is 5.32 Å². The zero-order valence-corrected chi connectivity index (χ0v) is 17.9. The number of carbonyl (C=O) groups is 2. The zero-order chi connectivity index (χ0) is 22.7. The fourth-order valence-corrected chi connectivity index (χ4v) is 3.63. The summed E-state index contributed by atoms with van der Waals surface area (Å²) in [4.78, 5) is 27.8. The zero-order valence-electron chi connectivity index (χ0n) is 17.9. The molecule has 0 aliphatic carbocycles. The Morgan fingerprint density at radius 3 is 2.31 bits per heavy atom. The van der Waals surface area contributed by atoms with Crippen LogP contribution < -0.4 is 10.1 Å². The van der Waals surface area contributed by atoms with Crippen molar-refractivity contribution in [1.82, 2.24) is 4.90 Å². The molecule has 1 N–H and O–H groups in total. The summed E-state index contributed by atoms with van der Waals surface area (Å²) < 4.78 is 18.9. The molecule has 0 atom stereocenters. The molecule has 0 fully saturated rings. The van der Waals surface area contributed by atoms with Crippen molar-refractivity contribution in [2.24, 2.45) is 0 Å². The molecule has 1 aliphatic heterocycles. The van der Waals surface area contributed by atoms with E-state index in [1.54, 1.807) is 19.2 Å². The van der Waals surface area contributed by atoms with Gasteiger partial charge < -0.3 is 10.1 Å². The van der Waals surface area contributed by atoms with Gasteiger partial charge in [0.1, 0.15) is 17.3 Å². The number of ether oxygens (including phenoxy) is 1. The number of anilines is 1. The molecule has 0 saturated heterocycles. The molecule has 4 rings (SSSR count). The summed E-state index contributed by atoms with van der Waals surface area (Å²) >= 11 is 0. The molecule has 5 nitrogen and oxygen atoms in total. The van der Waals surface area contributed by atoms with E-state index in [1.165, 1.54) is 17.0 Å². The van der Waals surface area contributed by atoms with Gasteiger partial charge in [-0.3, -0.25) is 14.5 Å². The van der Waals surface area contributed by atoms with Gasteiger partial charge >= 0.3 is 0 Å². The van der Waals surface area contributed by atoms with Gasteiger partial charge in [-0.2, -0.15) is 0 Å². The lowest BCUT2D eigenvalue weighted by molar-refractivity contribution is -0.136. The van der Waals surface area contributed by atoms with E-state index in [-0.39, 0.29) is 23.7 Å². The van der Waals surface area contributed by atoms with Crippen molar-refractivity contribution < 1.29 is 18.7 Å². The maximum absolute atomic E-state index is 13.7. The third-order valence-corrected chi connectivity index (χ3v) is 5.39. The molecule has 32 heavy (non-hydrogen) atoms. The summed E-state index contributed by atoms with van der Waals surface area (Å²) in [5.74, 6) is -0.484. The van der Waals surface area contributed by atoms with Gasteiger partial charge in [0, 0.05) is 12.2 Å². The highest BCUT2D eigenvalue weighted by atomic mass is 19.1. The first kappa shape index (κ1) is 21.3. The molecule has 0 aromatic heterocycles. The van der Waals surface area contributed by atoms with E-state index in [0.717, 1.165) is 16.9 Å². The quantitative estimate of drug-likeness (QED) is 0.558. The monoisotopic (exact) mass is 430 g/mol. The van der Waals surface area contributed by atoms with Crippen molar-refractivity contribution in [1.29, 1.82) is 0 Å². The fraction of sp³-hybridized carbons (Fsp3) is 0.154. The Labute approximate surface area is 186 Å². The standard InChI is InChI=1S/C26H23FN2O3/c1-17-6-10-19(11-7-17)23-24(28-21-5-3-4-20(27)16-21)26(31)29(25(23)30)15-14-18-8-12-22(32-2)13-9-18/h3-13,16,28H,14-15H2,1-2H3. The molecule has 0 saturated carbocycles. The van der Waals surface area contributed by atoms with Crippen molar-refractivity contribution in [2.45, 2.75) is 13.3 Å². The summed E-state index contributed by atoms with van der Waals surface area (Å²) in [6.45, 7) is 2.18. The number of nitrogens with zero attached hydrogens (tertiary/aromatic N) is 1. The van der Waals surface area contributed by atoms with Gasteiger partial charge in [-0.1, -0.05) is 48.0 Å². The van der Waals surface area contributed by atoms with Crippen molar-refractivity contribution in [3.05, 3.63) is 101 Å². The van der Waals surface area contributed by atoms with E-state index >= 15 is 0 Å². The van der Waals surface area contributed by atoms with Crippen LogP contribution in [0.25, 0.3) is 5.57 Å². The van der Waals surface area contributed by atoms with Crippen LogP contribution in [0.4, 0.5) is 10.1 Å². The summed E-state index contributed by atoms with van der Waals surface area (Å²) in [7, 11) is 1.60. The fourth-order valence-electron chi connectivity index (χ4n) is 3.63. The van der Waals surface area contributed by atoms with E-state index in [0.29, 0.717) is 17.7 Å². The van der Waals surface area contributed by atoms with Gasteiger partial charge in [0.25, 0.3) is 11.8 Å². The van der Waals surface area contributed by atoms with Crippen LogP contribution in [0, 0.1) is 12.7 Å². The molecule has 0 bridgehead atoms. The molecule has 0 radical (unpaired) electrons. The van der Waals surface area contributed by atoms with Crippen LogP contribution in [0.1, 0.15) is 16.7 Å². The normalized spacial score (nSPS) is 13.7. The Bertz CT molecular complexity index is 1180. The van der Waals surface area contributed by atoms with Gasteiger partial charge in [-0.25, -0.2) is 4.39 Å². The van der Waals surface area contributed by atoms with Crippen LogP contribution in [-0.4, -0.2) is 30.4 Å². The van der Waals surface area contributed by atoms with Crippen molar-refractivity contribution in [3.63, 3.8) is 0 Å². The lowest BCUT2D eigenvalue weighted by Gasteiger charge is -2.15. The Kier molecular flexibility index (Phi) is 6.03. The second-order valence-electron chi connectivity index (χ2n) is 7.61. The van der Waals surface area contributed by atoms with E-state index in [4.69, 9.17) is 4.74 Å². The molecule has 0 spiro atoms. The number of carbonyl (C=O) groups excluding carboxylic acids is 2. The first-order chi connectivity index (χ1) is 15.5. The number of nitrogens with one attached hydrogen (secondary N) is 1. The van der Waals surface area contributed by atoms with Crippen LogP contribution in [0.2, 0.25) is 0 Å². The molecule has 3 aromatic carbocycles. The Balaban J connectivity index is 1.63. The number of methoxy groups -OCH3 is 1. The van der Waals surface area contributed by atoms with Gasteiger partial charge in [-0.15, -0.1) is 0 Å². The third-order valence-electron chi connectivity index (χ3n) is 5.39. The van der Waals surface area contributed by atoms with Crippen molar-refractivity contribution in [2.75, 3.05) is 19.0 Å². The smallest absolute Gasteiger partial charge is 0.278 e. The van der Waals surface area contributed by atoms with Crippen LogP contribution in [0.15, 0.2) is 78.5 Å². The predicted octanol–water partition coefficient (Wildman–Crippen LogP) is 4.58. The molecule has 162 valence electrons. The number of aryl methyl sites for hydroxylation is 1. The van der Waals surface area contributed by atoms with Gasteiger partial charge in [0.15, 0.2) is 0 Å². The topological polar surface area (TPSA) is 58.6 Å². The first-order valence-electron chi connectivity index (χ1n) is 10.3. The van der Waals surface area contributed by atoms with Crippen LogP contribution >= 0.6 is 0 Å². The third kappa shape index (κ3) is 4.39. The highest BCUT2D eigenvalue weighted by molar-refractivity contribution is 6.36. The van der Waals surface area contributed by atoms with Gasteiger partial charge in [0.2, 0.25) is 0 Å². The number of rotatable bonds is 7. The average molecular weight is 430 g/mol. The second kappa shape index (κ2) is 9.06. The minimum atomic E-state index is -0.430. The molecule has 1 aliphatic rings. The van der Waals surface area contributed by atoms with Crippen LogP contribution in [-0.2, 0) is 16.0 Å². The summed E-state index contributed by atoms with van der Waals surface area (Å²) in [6, 6.07) is 20.7. The minimum absolute atomic E-state index is 0.152. The molecule has 6 heteroatoms. The van der Waals surface area contributed by atoms with Crippen molar-refractivity contribution >= 4 is 23.1 Å². The maximum atomic E-state index is 13.7. The minimum Gasteiger partial charge on any atom is -0.497 e. The summed E-state index contributed by atoms with van der Waals surface area (Å²) in [6.07, 6.45) is 0.510. The first-order valence-corrected chi connectivity index (χ1v) is 10.3. The number of amides is 2. The lowest BCUT2D eigenvalue weighted by atomic mass is 10.0. The molecule has 0 unspecified atom stereocenters. The number of hydrogen-bond acceptors (Lipinski definition) is 4. The van der Waals surface area contributed by atoms with E-state index < -0.39 is 11.7 Å². The number of halogens is 1. The summed E-state index contributed by atoms with van der Waals surface area (Å²) in [5, 5.41) is 2.98. The SMILES string of the molecule is COc1ccc(CCN2C(=O)C(Nc3cccc(F)c3)=C(c3ccc(C)cc3)C2=O)cc1. The van der Waals surface area contributed by atoms with Crippen LogP contribution in [0.5, 0.6) is 5.75 Å². The number of benzene rings is 3. The molecule has 1 heterocycles. The molecule has 3 aromatic rings. The maximum Gasteiger partial charge on any atom is 0.278 e. The second-order valence-corrected chi connectivity index (χ2v) is 7.61. The van der Waals surface area contributed by atoms with E-state index in [1.807, 2.05) is 55.5 Å². The predicted molar refractivity (Wildman–Crippen MR) is 122 cm³/mol. The molecule has 2 amide bonds. The Morgan fingerprint density at radius 1 is 0.938 bits per heavy atom. The molecular formula is C26H23FN2O3. The molecular weight excluding hydrogens is 407 g/mol. The average Bonchev–Trinajstić information content (AvgIpc) is 3.02. The Hall–Kier alpha value is -3.93.